The summed E-state index contributed by atoms with van der Waals surface area (Å²) in [6.45, 7) is 5.08. The number of benzene rings is 3. The molecule has 3 aromatic carbocycles. The van der Waals surface area contributed by atoms with Crippen molar-refractivity contribution in [1.29, 1.82) is 0 Å². The monoisotopic (exact) mass is 407 g/mol. The maximum Gasteiger partial charge on any atom is 0.335 e. The van der Waals surface area contributed by atoms with Crippen LogP contribution in [0.2, 0.25) is 0 Å². The highest BCUT2D eigenvalue weighted by Gasteiger charge is 2.28. The molecule has 0 atom stereocenters. The van der Waals surface area contributed by atoms with Gasteiger partial charge >= 0.3 is 5.97 Å². The lowest BCUT2D eigenvalue weighted by Crippen LogP contribution is -2.22. The lowest BCUT2D eigenvalue weighted by molar-refractivity contribution is 0.0697. The van der Waals surface area contributed by atoms with Gasteiger partial charge in [0, 0.05) is 17.7 Å². The molecule has 31 heavy (non-hydrogen) atoms. The largest absolute Gasteiger partial charge is 0.478 e. The number of carboxylic acid groups (broad SMARTS) is 1. The Balaban J connectivity index is 1.71. The second-order valence-electron chi connectivity index (χ2n) is 8.50. The molecule has 0 unspecified atom stereocenters. The standard InChI is InChI=1S/C28H25NO2/c1-28(2)16-15-24(22-10-7-21(18-29)8-11-22)25-17-20(9-14-26(25)28)4-3-19-5-12-23(13-6-19)27(30)31/h5-15,17H,16,18,29H2,1-2H3,(H,30,31). The molecule has 0 aliphatic heterocycles. The Kier molecular flexibility index (Phi) is 5.50. The molecule has 0 spiro atoms. The summed E-state index contributed by atoms with van der Waals surface area (Å²) in [5.41, 5.74) is 13.9. The second kappa shape index (κ2) is 8.26. The van der Waals surface area contributed by atoms with Gasteiger partial charge in [0.05, 0.1) is 5.56 Å². The third-order valence-corrected chi connectivity index (χ3v) is 5.84. The quantitative estimate of drug-likeness (QED) is 0.575. The zero-order valence-electron chi connectivity index (χ0n) is 17.8. The van der Waals surface area contributed by atoms with Crippen LogP contribution in [0.25, 0.3) is 5.57 Å². The van der Waals surface area contributed by atoms with Crippen molar-refractivity contribution in [2.24, 2.45) is 5.73 Å². The number of carbonyl (C=O) groups is 1. The number of hydrogen-bond donors (Lipinski definition) is 2. The summed E-state index contributed by atoms with van der Waals surface area (Å²) in [4.78, 5) is 11.0. The number of fused-ring (bicyclic) bond motifs is 1. The smallest absolute Gasteiger partial charge is 0.335 e. The van der Waals surface area contributed by atoms with Crippen LogP contribution < -0.4 is 5.73 Å². The van der Waals surface area contributed by atoms with Gasteiger partial charge in [-0.05, 0) is 76.1 Å². The van der Waals surface area contributed by atoms with Crippen LogP contribution in [0.15, 0.2) is 72.8 Å². The fourth-order valence-corrected chi connectivity index (χ4v) is 3.95. The fraction of sp³-hybridized carbons (Fsp3) is 0.179. The van der Waals surface area contributed by atoms with E-state index >= 15 is 0 Å². The zero-order chi connectivity index (χ0) is 22.0. The maximum absolute atomic E-state index is 11.0. The summed E-state index contributed by atoms with van der Waals surface area (Å²) < 4.78 is 0. The summed E-state index contributed by atoms with van der Waals surface area (Å²) in [5, 5.41) is 9.04. The zero-order valence-corrected chi connectivity index (χ0v) is 17.8. The average Bonchev–Trinajstić information content (AvgIpc) is 2.78. The third kappa shape index (κ3) is 4.30. The molecule has 0 heterocycles. The van der Waals surface area contributed by atoms with Crippen LogP contribution in [-0.4, -0.2) is 11.1 Å². The first kappa shape index (κ1) is 20.7. The van der Waals surface area contributed by atoms with Gasteiger partial charge in [-0.1, -0.05) is 62.1 Å². The maximum atomic E-state index is 11.0. The van der Waals surface area contributed by atoms with E-state index in [1.165, 1.54) is 22.3 Å². The van der Waals surface area contributed by atoms with Crippen LogP contribution in [0.1, 0.15) is 64.0 Å². The molecule has 3 nitrogen and oxygen atoms in total. The van der Waals surface area contributed by atoms with Crippen molar-refractivity contribution in [3.63, 3.8) is 0 Å². The molecule has 3 heteroatoms. The number of allylic oxidation sites excluding steroid dienone is 1. The van der Waals surface area contributed by atoms with E-state index in [4.69, 9.17) is 10.8 Å². The van der Waals surface area contributed by atoms with Crippen molar-refractivity contribution in [1.82, 2.24) is 0 Å². The molecule has 0 amide bonds. The number of hydrogen-bond acceptors (Lipinski definition) is 2. The molecule has 3 aromatic rings. The molecule has 0 saturated carbocycles. The minimum absolute atomic E-state index is 0.0641. The first-order valence-electron chi connectivity index (χ1n) is 10.4. The molecule has 0 aromatic heterocycles. The number of rotatable bonds is 3. The Hall–Kier alpha value is -3.61. The molecule has 0 fully saturated rings. The third-order valence-electron chi connectivity index (χ3n) is 5.84. The van der Waals surface area contributed by atoms with Crippen LogP contribution in [0.4, 0.5) is 0 Å². The topological polar surface area (TPSA) is 63.3 Å². The van der Waals surface area contributed by atoms with E-state index in [-0.39, 0.29) is 11.0 Å². The minimum Gasteiger partial charge on any atom is -0.478 e. The average molecular weight is 408 g/mol. The number of aromatic carboxylic acids is 1. The Morgan fingerprint density at radius 1 is 0.968 bits per heavy atom. The summed E-state index contributed by atoms with van der Waals surface area (Å²) in [7, 11) is 0. The van der Waals surface area contributed by atoms with Gasteiger partial charge in [-0.3, -0.25) is 0 Å². The van der Waals surface area contributed by atoms with Crippen LogP contribution in [0, 0.1) is 11.8 Å². The Morgan fingerprint density at radius 2 is 1.61 bits per heavy atom. The van der Waals surface area contributed by atoms with Crippen molar-refractivity contribution in [2.45, 2.75) is 32.2 Å². The van der Waals surface area contributed by atoms with Gasteiger partial charge < -0.3 is 10.8 Å². The van der Waals surface area contributed by atoms with Gasteiger partial charge in [0.2, 0.25) is 0 Å². The van der Waals surface area contributed by atoms with Gasteiger partial charge in [0.15, 0.2) is 0 Å². The summed E-state index contributed by atoms with van der Waals surface area (Å²) in [6.07, 6.45) is 3.30. The molecule has 0 saturated heterocycles. The molecule has 3 N–H and O–H groups in total. The summed E-state index contributed by atoms with van der Waals surface area (Å²) in [5.74, 6) is 5.45. The molecular weight excluding hydrogens is 382 g/mol. The molecular formula is C28H25NO2. The van der Waals surface area contributed by atoms with Gasteiger partial charge in [-0.2, -0.15) is 0 Å². The Morgan fingerprint density at radius 3 is 2.26 bits per heavy atom. The fourth-order valence-electron chi connectivity index (χ4n) is 3.95. The Bertz CT molecular complexity index is 1220. The molecule has 4 rings (SSSR count). The molecule has 154 valence electrons. The predicted octanol–water partition coefficient (Wildman–Crippen LogP) is 5.36. The van der Waals surface area contributed by atoms with Crippen LogP contribution >= 0.6 is 0 Å². The summed E-state index contributed by atoms with van der Waals surface area (Å²) in [6, 6.07) is 21.5. The highest BCUT2D eigenvalue weighted by molar-refractivity contribution is 5.87. The highest BCUT2D eigenvalue weighted by Crippen LogP contribution is 2.41. The molecule has 0 bridgehead atoms. The van der Waals surface area contributed by atoms with Crippen LogP contribution in [0.3, 0.4) is 0 Å². The van der Waals surface area contributed by atoms with Crippen molar-refractivity contribution < 1.29 is 9.90 Å². The van der Waals surface area contributed by atoms with Gasteiger partial charge in [0.1, 0.15) is 0 Å². The van der Waals surface area contributed by atoms with Crippen LogP contribution in [-0.2, 0) is 12.0 Å². The van der Waals surface area contributed by atoms with E-state index in [0.29, 0.717) is 6.54 Å². The minimum atomic E-state index is -0.935. The van der Waals surface area contributed by atoms with E-state index in [0.717, 1.165) is 23.1 Å². The lowest BCUT2D eigenvalue weighted by atomic mass is 9.72. The Labute approximate surface area is 183 Å². The number of nitrogens with two attached hydrogens (primary N) is 1. The molecule has 1 aliphatic rings. The van der Waals surface area contributed by atoms with E-state index in [1.54, 1.807) is 24.3 Å². The molecule has 0 radical (unpaired) electrons. The van der Waals surface area contributed by atoms with Gasteiger partial charge in [-0.15, -0.1) is 0 Å². The first-order chi connectivity index (χ1) is 14.9. The number of carboxylic acids is 1. The van der Waals surface area contributed by atoms with Crippen LogP contribution in [0.5, 0.6) is 0 Å². The second-order valence-corrected chi connectivity index (χ2v) is 8.50. The summed E-state index contributed by atoms with van der Waals surface area (Å²) >= 11 is 0. The van der Waals surface area contributed by atoms with E-state index in [1.807, 2.05) is 0 Å². The normalized spacial score (nSPS) is 14.1. The van der Waals surface area contributed by atoms with E-state index < -0.39 is 5.97 Å². The van der Waals surface area contributed by atoms with E-state index in [9.17, 15) is 4.79 Å². The van der Waals surface area contributed by atoms with Crippen molar-refractivity contribution in [3.05, 3.63) is 112 Å². The SMILES string of the molecule is CC1(C)CC=C(c2ccc(CN)cc2)c2cc(C#Cc3ccc(C(=O)O)cc3)ccc21. The van der Waals surface area contributed by atoms with Crippen molar-refractivity contribution >= 4 is 11.5 Å². The molecule has 1 aliphatic carbocycles. The van der Waals surface area contributed by atoms with Crippen molar-refractivity contribution in [3.8, 4) is 11.8 Å². The highest BCUT2D eigenvalue weighted by atomic mass is 16.4. The predicted molar refractivity (Wildman–Crippen MR) is 125 cm³/mol. The van der Waals surface area contributed by atoms with Gasteiger partial charge in [0.25, 0.3) is 0 Å². The van der Waals surface area contributed by atoms with Gasteiger partial charge in [-0.25, -0.2) is 4.79 Å². The van der Waals surface area contributed by atoms with Crippen molar-refractivity contribution in [2.75, 3.05) is 0 Å². The first-order valence-corrected chi connectivity index (χ1v) is 10.4. The van der Waals surface area contributed by atoms with E-state index in [2.05, 4.69) is 74.2 Å². The lowest BCUT2D eigenvalue weighted by Gasteiger charge is -2.32.